The van der Waals surface area contributed by atoms with Gasteiger partial charge in [0.15, 0.2) is 0 Å². The van der Waals surface area contributed by atoms with Gasteiger partial charge in [0.2, 0.25) is 0 Å². The molecule has 5 aromatic rings. The lowest BCUT2D eigenvalue weighted by molar-refractivity contribution is 0.194. The third kappa shape index (κ3) is 4.46. The number of anilines is 2. The van der Waals surface area contributed by atoms with Gasteiger partial charge in [-0.3, -0.25) is 0 Å². The number of aromatic nitrogens is 3. The van der Waals surface area contributed by atoms with Gasteiger partial charge in [-0.2, -0.15) is 5.10 Å². The van der Waals surface area contributed by atoms with Crippen LogP contribution in [-0.2, 0) is 6.54 Å². The van der Waals surface area contributed by atoms with E-state index >= 15 is 0 Å². The van der Waals surface area contributed by atoms with E-state index in [0.717, 1.165) is 51.0 Å². The zero-order valence-corrected chi connectivity index (χ0v) is 22.7. The van der Waals surface area contributed by atoms with Crippen molar-refractivity contribution in [1.29, 1.82) is 0 Å². The van der Waals surface area contributed by atoms with Gasteiger partial charge in [0, 0.05) is 37.2 Å². The van der Waals surface area contributed by atoms with Crippen LogP contribution in [-0.4, -0.2) is 39.4 Å². The summed E-state index contributed by atoms with van der Waals surface area (Å²) in [6.07, 6.45) is 2.07. The van der Waals surface area contributed by atoms with Gasteiger partial charge >= 0.3 is 6.03 Å². The summed E-state index contributed by atoms with van der Waals surface area (Å²) in [5, 5.41) is 8.08. The number of rotatable bonds is 4. The number of nitrogens with one attached hydrogen (secondary N) is 1. The van der Waals surface area contributed by atoms with E-state index in [-0.39, 0.29) is 12.1 Å². The second kappa shape index (κ2) is 9.83. The van der Waals surface area contributed by atoms with Crippen LogP contribution >= 0.6 is 0 Å². The van der Waals surface area contributed by atoms with Crippen molar-refractivity contribution >= 4 is 17.4 Å². The average Bonchev–Trinajstić information content (AvgIpc) is 3.51. The summed E-state index contributed by atoms with van der Waals surface area (Å²) in [6.45, 7) is 4.47. The fourth-order valence-electron chi connectivity index (χ4n) is 5.29. The first-order chi connectivity index (χ1) is 18.9. The zero-order valence-electron chi connectivity index (χ0n) is 22.7. The first kappa shape index (κ1) is 24.6. The highest BCUT2D eigenvalue weighted by Crippen LogP contribution is 2.39. The van der Waals surface area contributed by atoms with Crippen LogP contribution in [0.2, 0.25) is 0 Å². The maximum atomic E-state index is 14.1. The molecule has 0 bridgehead atoms. The number of aryl methyl sites for hydroxylation is 2. The predicted molar refractivity (Wildman–Crippen MR) is 156 cm³/mol. The molecule has 1 atom stereocenters. The van der Waals surface area contributed by atoms with Crippen LogP contribution < -0.4 is 10.2 Å². The van der Waals surface area contributed by atoms with Crippen LogP contribution in [0.3, 0.4) is 0 Å². The van der Waals surface area contributed by atoms with Crippen molar-refractivity contribution in [1.82, 2.24) is 19.2 Å². The van der Waals surface area contributed by atoms with E-state index in [4.69, 9.17) is 5.10 Å². The first-order valence-electron chi connectivity index (χ1n) is 13.1. The predicted octanol–water partition coefficient (Wildman–Crippen LogP) is 6.48. The molecule has 1 N–H and O–H groups in total. The largest absolute Gasteiger partial charge is 0.378 e. The van der Waals surface area contributed by atoms with Crippen molar-refractivity contribution in [3.8, 4) is 11.5 Å². The van der Waals surface area contributed by atoms with Gasteiger partial charge in [0.25, 0.3) is 0 Å². The Labute approximate surface area is 228 Å². The van der Waals surface area contributed by atoms with E-state index in [9.17, 15) is 4.79 Å². The van der Waals surface area contributed by atoms with E-state index in [1.807, 2.05) is 86.1 Å². The number of urea groups is 1. The van der Waals surface area contributed by atoms with Crippen molar-refractivity contribution in [2.75, 3.05) is 24.3 Å². The third-order valence-electron chi connectivity index (χ3n) is 7.38. The Kier molecular flexibility index (Phi) is 6.19. The number of hydrogen-bond acceptors (Lipinski definition) is 3. The van der Waals surface area contributed by atoms with E-state index in [1.54, 1.807) is 0 Å². The number of nitrogens with zero attached hydrogens (tertiary/aromatic N) is 5. The lowest BCUT2D eigenvalue weighted by Gasteiger charge is -2.31. The molecule has 2 aromatic heterocycles. The summed E-state index contributed by atoms with van der Waals surface area (Å²) in [5.41, 5.74) is 7.96. The molecule has 3 aromatic carbocycles. The molecular formula is C32H32N6O. The first-order valence-corrected chi connectivity index (χ1v) is 13.1. The van der Waals surface area contributed by atoms with Gasteiger partial charge in [-0.05, 0) is 67.9 Å². The minimum absolute atomic E-state index is 0.159. The highest BCUT2D eigenvalue weighted by atomic mass is 16.2. The molecule has 0 fully saturated rings. The third-order valence-corrected chi connectivity index (χ3v) is 7.38. The molecule has 0 unspecified atom stereocenters. The molecule has 0 saturated carbocycles. The topological polar surface area (TPSA) is 58.3 Å². The molecule has 0 saturated heterocycles. The Morgan fingerprint density at radius 2 is 1.62 bits per heavy atom. The normalized spacial score (nSPS) is 14.4. The van der Waals surface area contributed by atoms with Crippen LogP contribution in [0.4, 0.5) is 16.2 Å². The fraction of sp³-hybridized carbons (Fsp3) is 0.188. The molecule has 7 heteroatoms. The summed E-state index contributed by atoms with van der Waals surface area (Å²) in [5.74, 6) is 0.958. The van der Waals surface area contributed by atoms with Crippen LogP contribution in [0.15, 0.2) is 97.2 Å². The molecule has 2 amide bonds. The Morgan fingerprint density at radius 3 is 2.31 bits per heavy atom. The Morgan fingerprint density at radius 1 is 0.897 bits per heavy atom. The molecule has 1 aliphatic heterocycles. The molecular weight excluding hydrogens is 484 g/mol. The number of fused-ring (bicyclic) bond motifs is 3. The van der Waals surface area contributed by atoms with Crippen molar-refractivity contribution in [3.05, 3.63) is 125 Å². The second-order valence-corrected chi connectivity index (χ2v) is 10.3. The van der Waals surface area contributed by atoms with Gasteiger partial charge in [0.05, 0.1) is 29.7 Å². The number of para-hydroxylation sites is 1. The van der Waals surface area contributed by atoms with Crippen LogP contribution in [0.1, 0.15) is 34.1 Å². The van der Waals surface area contributed by atoms with Crippen molar-refractivity contribution < 1.29 is 4.79 Å². The minimum Gasteiger partial charge on any atom is -0.378 e. The summed E-state index contributed by atoms with van der Waals surface area (Å²) in [6, 6.07) is 30.2. The Hall–Kier alpha value is -4.78. The Bertz CT molecular complexity index is 1610. The smallest absolute Gasteiger partial charge is 0.322 e. The standard InChI is InChI=1S/C32H32N6O/c1-22-12-16-25(17-13-22)33-32(39)37-21-28-23(2)34-38(27-9-6-5-7-10-27)31(28)36-20-8-11-29(36)30(37)24-14-18-26(19-15-24)35(3)4/h5-20,30H,21H2,1-4H3,(H,33,39)/t30-/m0/s1. The number of carbonyl (C=O) groups is 1. The SMILES string of the molecule is Cc1ccc(NC(=O)N2Cc3c(C)nn(-c4ccccc4)c3-n3cccc3[C@@H]2c2ccc(N(C)C)cc2)cc1. The van der Waals surface area contributed by atoms with Gasteiger partial charge in [-0.15, -0.1) is 0 Å². The van der Waals surface area contributed by atoms with Gasteiger partial charge in [-0.1, -0.05) is 48.0 Å². The molecule has 1 aliphatic rings. The number of benzene rings is 3. The van der Waals surface area contributed by atoms with Gasteiger partial charge in [-0.25, -0.2) is 9.48 Å². The minimum atomic E-state index is -0.308. The van der Waals surface area contributed by atoms with Crippen LogP contribution in [0.5, 0.6) is 0 Å². The van der Waals surface area contributed by atoms with E-state index in [0.29, 0.717) is 6.54 Å². The fourth-order valence-corrected chi connectivity index (χ4v) is 5.29. The number of carbonyl (C=O) groups excluding carboxylic acids is 1. The summed E-state index contributed by atoms with van der Waals surface area (Å²) < 4.78 is 4.17. The molecule has 0 aliphatic carbocycles. The van der Waals surface area contributed by atoms with Crippen LogP contribution in [0, 0.1) is 13.8 Å². The Balaban J connectivity index is 1.52. The van der Waals surface area contributed by atoms with Gasteiger partial charge < -0.3 is 19.7 Å². The lowest BCUT2D eigenvalue weighted by atomic mass is 10.0. The summed E-state index contributed by atoms with van der Waals surface area (Å²) >= 11 is 0. The van der Waals surface area contributed by atoms with Crippen molar-refractivity contribution in [3.63, 3.8) is 0 Å². The number of hydrogen-bond donors (Lipinski definition) is 1. The molecule has 7 nitrogen and oxygen atoms in total. The molecule has 196 valence electrons. The zero-order chi connectivity index (χ0) is 27.1. The second-order valence-electron chi connectivity index (χ2n) is 10.3. The van der Waals surface area contributed by atoms with E-state index < -0.39 is 0 Å². The van der Waals surface area contributed by atoms with Crippen molar-refractivity contribution in [2.24, 2.45) is 0 Å². The van der Waals surface area contributed by atoms with Gasteiger partial charge in [0.1, 0.15) is 5.82 Å². The van der Waals surface area contributed by atoms with Crippen LogP contribution in [0.25, 0.3) is 11.5 Å². The number of amides is 2. The highest BCUT2D eigenvalue weighted by molar-refractivity contribution is 5.90. The average molecular weight is 517 g/mol. The maximum Gasteiger partial charge on any atom is 0.322 e. The highest BCUT2D eigenvalue weighted by Gasteiger charge is 2.36. The van der Waals surface area contributed by atoms with Crippen molar-refractivity contribution in [2.45, 2.75) is 26.4 Å². The summed E-state index contributed by atoms with van der Waals surface area (Å²) in [4.78, 5) is 18.1. The maximum absolute atomic E-state index is 14.1. The molecule has 0 spiro atoms. The monoisotopic (exact) mass is 516 g/mol. The molecule has 3 heterocycles. The van der Waals surface area contributed by atoms with E-state index in [1.165, 1.54) is 0 Å². The lowest BCUT2D eigenvalue weighted by Crippen LogP contribution is -2.38. The van der Waals surface area contributed by atoms with E-state index in [2.05, 4.69) is 63.4 Å². The quantitative estimate of drug-likeness (QED) is 0.297. The summed E-state index contributed by atoms with van der Waals surface area (Å²) in [7, 11) is 4.06. The molecule has 6 rings (SSSR count). The molecule has 39 heavy (non-hydrogen) atoms. The molecule has 0 radical (unpaired) electrons.